The Morgan fingerprint density at radius 1 is 1.27 bits per heavy atom. The minimum atomic E-state index is -3.76. The van der Waals surface area contributed by atoms with Crippen LogP contribution in [0.1, 0.15) is 17.3 Å². The molecule has 0 saturated carbocycles. The maximum atomic E-state index is 13.0. The number of hydrogen-bond donors (Lipinski definition) is 1. The van der Waals surface area contributed by atoms with Crippen LogP contribution >= 0.6 is 0 Å². The highest BCUT2D eigenvalue weighted by atomic mass is 32.2. The summed E-state index contributed by atoms with van der Waals surface area (Å²) in [5.41, 5.74) is 0.353. The van der Waals surface area contributed by atoms with Gasteiger partial charge in [-0.25, -0.2) is 8.42 Å². The Bertz CT molecular complexity index is 762. The number of carbonyl (C=O) groups is 1. The maximum absolute atomic E-state index is 13.0. The predicted octanol–water partition coefficient (Wildman–Crippen LogP) is 0.150. The molecule has 144 valence electrons. The molecular formula is C17H25N3O5S. The van der Waals surface area contributed by atoms with Gasteiger partial charge in [-0.05, 0) is 25.1 Å². The minimum Gasteiger partial charge on any atom is -0.495 e. The number of amides is 1. The molecule has 2 saturated heterocycles. The van der Waals surface area contributed by atoms with Crippen molar-refractivity contribution < 1.29 is 22.7 Å². The Kier molecular flexibility index (Phi) is 5.81. The lowest BCUT2D eigenvalue weighted by molar-refractivity contribution is 0.0707. The first-order valence-corrected chi connectivity index (χ1v) is 10.2. The Balaban J connectivity index is 1.92. The molecule has 2 aliphatic rings. The van der Waals surface area contributed by atoms with Crippen LogP contribution in [0.3, 0.4) is 0 Å². The second-order valence-corrected chi connectivity index (χ2v) is 8.39. The molecule has 26 heavy (non-hydrogen) atoms. The molecule has 2 aliphatic heterocycles. The summed E-state index contributed by atoms with van der Waals surface area (Å²) in [5.74, 6) is 0.0705. The summed E-state index contributed by atoms with van der Waals surface area (Å²) in [6.45, 7) is 5.23. The minimum absolute atomic E-state index is 0.0240. The molecule has 1 N–H and O–H groups in total. The number of benzene rings is 1. The Morgan fingerprint density at radius 3 is 2.65 bits per heavy atom. The molecule has 8 nitrogen and oxygen atoms in total. The quantitative estimate of drug-likeness (QED) is 0.796. The lowest BCUT2D eigenvalue weighted by Crippen LogP contribution is -2.51. The van der Waals surface area contributed by atoms with E-state index in [2.05, 4.69) is 5.32 Å². The summed E-state index contributed by atoms with van der Waals surface area (Å²) in [6, 6.07) is 4.80. The van der Waals surface area contributed by atoms with E-state index in [1.165, 1.54) is 17.5 Å². The smallest absolute Gasteiger partial charge is 0.253 e. The van der Waals surface area contributed by atoms with E-state index in [0.717, 1.165) is 6.54 Å². The zero-order valence-corrected chi connectivity index (χ0v) is 15.9. The first kappa shape index (κ1) is 19.1. The molecule has 1 aromatic carbocycles. The van der Waals surface area contributed by atoms with Gasteiger partial charge in [-0.3, -0.25) is 4.79 Å². The fraction of sp³-hybridized carbons (Fsp3) is 0.588. The number of carbonyl (C=O) groups excluding carboxylic acids is 1. The largest absolute Gasteiger partial charge is 0.495 e. The molecule has 0 spiro atoms. The molecule has 3 rings (SSSR count). The van der Waals surface area contributed by atoms with E-state index >= 15 is 0 Å². The molecule has 0 aromatic heterocycles. The number of morpholine rings is 1. The van der Waals surface area contributed by atoms with Crippen LogP contribution in [0, 0.1) is 0 Å². The van der Waals surface area contributed by atoms with Crippen LogP contribution in [-0.4, -0.2) is 82.6 Å². The highest BCUT2D eigenvalue weighted by Crippen LogP contribution is 2.29. The number of piperazine rings is 1. The maximum Gasteiger partial charge on any atom is 0.253 e. The summed E-state index contributed by atoms with van der Waals surface area (Å²) in [6.07, 6.45) is 0. The molecule has 0 aliphatic carbocycles. The van der Waals surface area contributed by atoms with E-state index in [-0.39, 0.29) is 22.6 Å². The van der Waals surface area contributed by atoms with Gasteiger partial charge < -0.3 is 19.7 Å². The number of rotatable bonds is 4. The van der Waals surface area contributed by atoms with Gasteiger partial charge in [0.2, 0.25) is 10.0 Å². The van der Waals surface area contributed by atoms with E-state index in [4.69, 9.17) is 9.47 Å². The normalized spacial score (nSPS) is 22.2. The van der Waals surface area contributed by atoms with Crippen LogP contribution < -0.4 is 10.1 Å². The molecule has 1 aromatic rings. The fourth-order valence-corrected chi connectivity index (χ4v) is 4.83. The molecule has 9 heteroatoms. The third kappa shape index (κ3) is 3.85. The van der Waals surface area contributed by atoms with Gasteiger partial charge in [0.25, 0.3) is 5.91 Å². The van der Waals surface area contributed by atoms with Crippen molar-refractivity contribution in [3.63, 3.8) is 0 Å². The van der Waals surface area contributed by atoms with Gasteiger partial charge in [-0.2, -0.15) is 4.31 Å². The molecule has 0 bridgehead atoms. The van der Waals surface area contributed by atoms with Crippen molar-refractivity contribution in [3.05, 3.63) is 23.8 Å². The van der Waals surface area contributed by atoms with Crippen LogP contribution in [0.5, 0.6) is 5.75 Å². The molecule has 1 atom stereocenters. The van der Waals surface area contributed by atoms with Crippen LogP contribution in [0.4, 0.5) is 0 Å². The summed E-state index contributed by atoms with van der Waals surface area (Å²) >= 11 is 0. The third-order valence-electron chi connectivity index (χ3n) is 4.65. The zero-order chi connectivity index (χ0) is 18.7. The Labute approximate surface area is 154 Å². The van der Waals surface area contributed by atoms with Crippen molar-refractivity contribution in [2.24, 2.45) is 0 Å². The van der Waals surface area contributed by atoms with Crippen LogP contribution in [0.15, 0.2) is 23.1 Å². The van der Waals surface area contributed by atoms with Gasteiger partial charge >= 0.3 is 0 Å². The molecule has 2 heterocycles. The number of nitrogens with zero attached hydrogens (tertiary/aromatic N) is 2. The fourth-order valence-electron chi connectivity index (χ4n) is 3.24. The molecule has 1 amide bonds. The van der Waals surface area contributed by atoms with Crippen molar-refractivity contribution in [2.45, 2.75) is 17.9 Å². The molecule has 2 fully saturated rings. The number of methoxy groups -OCH3 is 1. The number of nitrogens with one attached hydrogen (secondary N) is 1. The van der Waals surface area contributed by atoms with E-state index in [1.807, 2.05) is 6.92 Å². The summed E-state index contributed by atoms with van der Waals surface area (Å²) in [7, 11) is -2.33. The highest BCUT2D eigenvalue weighted by molar-refractivity contribution is 7.89. The third-order valence-corrected chi connectivity index (χ3v) is 6.57. The number of hydrogen-bond acceptors (Lipinski definition) is 6. The summed E-state index contributed by atoms with van der Waals surface area (Å²) < 4.78 is 37.9. The summed E-state index contributed by atoms with van der Waals surface area (Å²) in [5, 5.41) is 3.29. The first-order chi connectivity index (χ1) is 12.4. The van der Waals surface area contributed by atoms with Crippen molar-refractivity contribution in [3.8, 4) is 5.75 Å². The van der Waals surface area contributed by atoms with Crippen molar-refractivity contribution in [1.82, 2.24) is 14.5 Å². The Hall–Kier alpha value is -1.68. The van der Waals surface area contributed by atoms with Gasteiger partial charge in [-0.15, -0.1) is 0 Å². The second kappa shape index (κ2) is 7.91. The van der Waals surface area contributed by atoms with Gasteiger partial charge in [0, 0.05) is 44.3 Å². The molecule has 1 unspecified atom stereocenters. The van der Waals surface area contributed by atoms with E-state index in [1.54, 1.807) is 17.0 Å². The number of sulfonamides is 1. The topological polar surface area (TPSA) is 88.2 Å². The highest BCUT2D eigenvalue weighted by Gasteiger charge is 2.31. The van der Waals surface area contributed by atoms with Crippen LogP contribution in [-0.2, 0) is 14.8 Å². The SMILES string of the molecule is COc1ccc(C(=O)N2CCNC(C)C2)cc1S(=O)(=O)N1CCOCC1. The zero-order valence-electron chi connectivity index (χ0n) is 15.1. The van der Waals surface area contributed by atoms with Crippen LogP contribution in [0.2, 0.25) is 0 Å². The van der Waals surface area contributed by atoms with E-state index in [9.17, 15) is 13.2 Å². The average Bonchev–Trinajstić information content (AvgIpc) is 2.67. The molecule has 0 radical (unpaired) electrons. The van der Waals surface area contributed by atoms with Crippen LogP contribution in [0.25, 0.3) is 0 Å². The first-order valence-electron chi connectivity index (χ1n) is 8.72. The second-order valence-electron chi connectivity index (χ2n) is 6.49. The van der Waals surface area contributed by atoms with Crippen molar-refractivity contribution in [2.75, 3.05) is 53.0 Å². The van der Waals surface area contributed by atoms with Gasteiger partial charge in [0.1, 0.15) is 10.6 Å². The monoisotopic (exact) mass is 383 g/mol. The van der Waals surface area contributed by atoms with Crippen molar-refractivity contribution >= 4 is 15.9 Å². The summed E-state index contributed by atoms with van der Waals surface area (Å²) in [4.78, 5) is 14.6. The molecular weight excluding hydrogens is 358 g/mol. The predicted molar refractivity (Wildman–Crippen MR) is 95.9 cm³/mol. The number of ether oxygens (including phenoxy) is 2. The lowest BCUT2D eigenvalue weighted by atomic mass is 10.1. The van der Waals surface area contributed by atoms with Gasteiger partial charge in [0.15, 0.2) is 0 Å². The lowest BCUT2D eigenvalue weighted by Gasteiger charge is -2.32. The standard InChI is InChI=1S/C17H25N3O5S/c1-13-12-19(6-5-18-13)17(21)14-3-4-15(24-2)16(11-14)26(22,23)20-7-9-25-10-8-20/h3-4,11,13,18H,5-10,12H2,1-2H3. The van der Waals surface area contributed by atoms with E-state index in [0.29, 0.717) is 45.0 Å². The van der Waals surface area contributed by atoms with Gasteiger partial charge in [0.05, 0.1) is 20.3 Å². The average molecular weight is 383 g/mol. The Morgan fingerprint density at radius 2 is 2.00 bits per heavy atom. The van der Waals surface area contributed by atoms with Crippen molar-refractivity contribution in [1.29, 1.82) is 0 Å². The van der Waals surface area contributed by atoms with Gasteiger partial charge in [-0.1, -0.05) is 0 Å². The van der Waals surface area contributed by atoms with E-state index < -0.39 is 10.0 Å².